The minimum Gasteiger partial charge on any atom is -0.464 e. The van der Waals surface area contributed by atoms with Crippen LogP contribution in [0.2, 0.25) is 0 Å². The van der Waals surface area contributed by atoms with Crippen LogP contribution < -0.4 is 16.1 Å². The third-order valence-electron chi connectivity index (χ3n) is 6.22. The van der Waals surface area contributed by atoms with Crippen molar-refractivity contribution in [3.63, 3.8) is 0 Å². The van der Waals surface area contributed by atoms with Crippen molar-refractivity contribution >= 4 is 29.6 Å². The molecule has 0 bridgehead atoms. The standard InChI is InChI=1S/C30H46N4O7/c1-8-40-30(39)26-25(41-26)29(38)34(17-20(6)7)33-28(37)23(15-19(4)5)32-27(36)22(14-18(2)3)31-24(35)16-21-12-10-9-11-13-21/h9-13,18-20,22-23,25-26H,8,14-17H2,1-7H3,(H,31,35)(H,32,36)(H,33,37)/t22-,23-,25?,26?/m1/s1. The Labute approximate surface area is 243 Å². The maximum absolute atomic E-state index is 13.4. The van der Waals surface area contributed by atoms with E-state index in [1.165, 1.54) is 0 Å². The molecule has 1 aliphatic heterocycles. The molecule has 0 saturated carbocycles. The number of hydrazine groups is 1. The average Bonchev–Trinajstić information content (AvgIpc) is 3.68. The summed E-state index contributed by atoms with van der Waals surface area (Å²) in [6.45, 7) is 13.5. The second kappa shape index (κ2) is 16.1. The van der Waals surface area contributed by atoms with Crippen LogP contribution in [-0.2, 0) is 39.9 Å². The number of nitrogens with zero attached hydrogens (tertiary/aromatic N) is 1. The number of nitrogens with one attached hydrogen (secondary N) is 3. The van der Waals surface area contributed by atoms with Crippen molar-refractivity contribution in [3.05, 3.63) is 35.9 Å². The Morgan fingerprint density at radius 3 is 1.95 bits per heavy atom. The van der Waals surface area contributed by atoms with E-state index in [1.807, 2.05) is 71.9 Å². The molecule has 1 saturated heterocycles. The fraction of sp³-hybridized carbons (Fsp3) is 0.633. The van der Waals surface area contributed by atoms with Gasteiger partial charge in [0.1, 0.15) is 12.1 Å². The van der Waals surface area contributed by atoms with E-state index in [-0.39, 0.29) is 43.2 Å². The number of carbonyl (C=O) groups is 5. The van der Waals surface area contributed by atoms with Crippen molar-refractivity contribution in [3.8, 4) is 0 Å². The maximum atomic E-state index is 13.4. The highest BCUT2D eigenvalue weighted by Crippen LogP contribution is 2.25. The third-order valence-corrected chi connectivity index (χ3v) is 6.22. The number of amides is 4. The fourth-order valence-corrected chi connectivity index (χ4v) is 4.33. The molecule has 2 unspecified atom stereocenters. The molecule has 1 aromatic carbocycles. The van der Waals surface area contributed by atoms with E-state index in [1.54, 1.807) is 6.92 Å². The Morgan fingerprint density at radius 1 is 0.829 bits per heavy atom. The van der Waals surface area contributed by atoms with Crippen molar-refractivity contribution in [1.82, 2.24) is 21.1 Å². The van der Waals surface area contributed by atoms with Crippen LogP contribution in [0.15, 0.2) is 30.3 Å². The van der Waals surface area contributed by atoms with Gasteiger partial charge < -0.3 is 20.1 Å². The van der Waals surface area contributed by atoms with Crippen LogP contribution in [0.4, 0.5) is 0 Å². The zero-order valence-corrected chi connectivity index (χ0v) is 25.3. The normalized spacial score (nSPS) is 17.5. The zero-order chi connectivity index (χ0) is 30.7. The van der Waals surface area contributed by atoms with Gasteiger partial charge in [0, 0.05) is 6.54 Å². The van der Waals surface area contributed by atoms with Crippen molar-refractivity contribution in [2.75, 3.05) is 13.2 Å². The zero-order valence-electron chi connectivity index (χ0n) is 25.3. The molecule has 0 radical (unpaired) electrons. The highest BCUT2D eigenvalue weighted by Gasteiger charge is 2.53. The summed E-state index contributed by atoms with van der Waals surface area (Å²) < 4.78 is 10.2. The van der Waals surface area contributed by atoms with Gasteiger partial charge in [-0.2, -0.15) is 0 Å². The molecule has 0 aromatic heterocycles. The maximum Gasteiger partial charge on any atom is 0.338 e. The molecule has 1 fully saturated rings. The average molecular weight is 575 g/mol. The largest absolute Gasteiger partial charge is 0.464 e. The number of carbonyl (C=O) groups excluding carboxylic acids is 5. The minimum absolute atomic E-state index is 0.00701. The summed E-state index contributed by atoms with van der Waals surface area (Å²) in [7, 11) is 0. The second-order valence-corrected chi connectivity index (χ2v) is 11.7. The Hall–Kier alpha value is -3.47. The molecule has 11 heteroatoms. The van der Waals surface area contributed by atoms with Gasteiger partial charge in [-0.05, 0) is 43.1 Å². The molecular formula is C30H46N4O7. The first kappa shape index (κ1) is 33.7. The summed E-state index contributed by atoms with van der Waals surface area (Å²) >= 11 is 0. The SMILES string of the molecule is CCOC(=O)C1OC1C(=O)N(CC(C)C)NC(=O)[C@@H](CC(C)C)NC(=O)[C@@H](CC(C)C)NC(=O)Cc1ccccc1. The van der Waals surface area contributed by atoms with E-state index >= 15 is 0 Å². The lowest BCUT2D eigenvalue weighted by molar-refractivity contribution is -0.146. The Morgan fingerprint density at radius 2 is 1.41 bits per heavy atom. The van der Waals surface area contributed by atoms with Crippen LogP contribution in [0.3, 0.4) is 0 Å². The third kappa shape index (κ3) is 11.5. The quantitative estimate of drug-likeness (QED) is 0.165. The molecule has 4 amide bonds. The van der Waals surface area contributed by atoms with Crippen LogP contribution in [-0.4, -0.2) is 72.1 Å². The number of rotatable bonds is 15. The molecule has 41 heavy (non-hydrogen) atoms. The lowest BCUT2D eigenvalue weighted by Gasteiger charge is -2.29. The summed E-state index contributed by atoms with van der Waals surface area (Å²) in [6, 6.07) is 7.42. The Bertz CT molecular complexity index is 1040. The van der Waals surface area contributed by atoms with E-state index in [2.05, 4.69) is 16.1 Å². The van der Waals surface area contributed by atoms with Gasteiger partial charge in [-0.1, -0.05) is 71.9 Å². The van der Waals surface area contributed by atoms with E-state index in [0.29, 0.717) is 12.8 Å². The summed E-state index contributed by atoms with van der Waals surface area (Å²) in [5.74, 6) is -2.41. The lowest BCUT2D eigenvalue weighted by atomic mass is 10.00. The van der Waals surface area contributed by atoms with Crippen molar-refractivity contribution in [2.45, 2.75) is 92.0 Å². The van der Waals surface area contributed by atoms with Gasteiger partial charge in [0.25, 0.3) is 11.8 Å². The van der Waals surface area contributed by atoms with Crippen LogP contribution in [0, 0.1) is 17.8 Å². The first-order valence-corrected chi connectivity index (χ1v) is 14.4. The molecule has 228 valence electrons. The number of epoxide rings is 1. The van der Waals surface area contributed by atoms with Gasteiger partial charge in [-0.25, -0.2) is 4.79 Å². The highest BCUT2D eigenvalue weighted by molar-refractivity contribution is 5.95. The van der Waals surface area contributed by atoms with E-state index < -0.39 is 48.0 Å². The molecule has 0 spiro atoms. The predicted octanol–water partition coefficient (Wildman–Crippen LogP) is 2.14. The lowest BCUT2D eigenvalue weighted by Crippen LogP contribution is -2.58. The molecule has 4 atom stereocenters. The number of hydrogen-bond donors (Lipinski definition) is 3. The molecule has 1 aromatic rings. The van der Waals surface area contributed by atoms with Crippen LogP contribution in [0.1, 0.15) is 66.9 Å². The van der Waals surface area contributed by atoms with Crippen LogP contribution in [0.25, 0.3) is 0 Å². The van der Waals surface area contributed by atoms with E-state index in [0.717, 1.165) is 10.6 Å². The highest BCUT2D eigenvalue weighted by atomic mass is 16.6. The van der Waals surface area contributed by atoms with E-state index in [4.69, 9.17) is 9.47 Å². The molecule has 0 aliphatic carbocycles. The van der Waals surface area contributed by atoms with Crippen LogP contribution >= 0.6 is 0 Å². The topological polar surface area (TPSA) is 146 Å². The molecule has 1 heterocycles. The number of ether oxygens (including phenoxy) is 2. The number of benzene rings is 1. The summed E-state index contributed by atoms with van der Waals surface area (Å²) in [4.78, 5) is 64.7. The molecular weight excluding hydrogens is 528 g/mol. The smallest absolute Gasteiger partial charge is 0.338 e. The first-order chi connectivity index (χ1) is 19.3. The second-order valence-electron chi connectivity index (χ2n) is 11.7. The molecule has 3 N–H and O–H groups in total. The van der Waals surface area contributed by atoms with Crippen molar-refractivity contribution in [2.24, 2.45) is 17.8 Å². The summed E-state index contributed by atoms with van der Waals surface area (Å²) in [6.07, 6.45) is -1.23. The molecule has 1 aliphatic rings. The van der Waals surface area contributed by atoms with Crippen LogP contribution in [0.5, 0.6) is 0 Å². The van der Waals surface area contributed by atoms with Gasteiger partial charge in [-0.3, -0.25) is 29.6 Å². The summed E-state index contributed by atoms with van der Waals surface area (Å²) in [5.41, 5.74) is 3.46. The Kier molecular flexibility index (Phi) is 13.2. The van der Waals surface area contributed by atoms with Gasteiger partial charge >= 0.3 is 5.97 Å². The minimum atomic E-state index is -1.04. The van der Waals surface area contributed by atoms with Crippen molar-refractivity contribution < 1.29 is 33.4 Å². The first-order valence-electron chi connectivity index (χ1n) is 14.4. The monoisotopic (exact) mass is 574 g/mol. The molecule has 11 nitrogen and oxygen atoms in total. The summed E-state index contributed by atoms with van der Waals surface area (Å²) in [5, 5.41) is 6.76. The van der Waals surface area contributed by atoms with Gasteiger partial charge in [0.15, 0.2) is 12.2 Å². The Balaban J connectivity index is 2.13. The van der Waals surface area contributed by atoms with Gasteiger partial charge in [0.2, 0.25) is 11.8 Å². The molecule has 2 rings (SSSR count). The fourth-order valence-electron chi connectivity index (χ4n) is 4.33. The van der Waals surface area contributed by atoms with E-state index in [9.17, 15) is 24.0 Å². The van der Waals surface area contributed by atoms with Crippen molar-refractivity contribution in [1.29, 1.82) is 0 Å². The van der Waals surface area contributed by atoms with Gasteiger partial charge in [0.05, 0.1) is 13.0 Å². The number of esters is 1. The predicted molar refractivity (Wildman–Crippen MR) is 153 cm³/mol. The number of hydrogen-bond acceptors (Lipinski definition) is 7. The van der Waals surface area contributed by atoms with Gasteiger partial charge in [-0.15, -0.1) is 0 Å².